The van der Waals surface area contributed by atoms with Gasteiger partial charge in [0.1, 0.15) is 5.54 Å². The first-order valence-electron chi connectivity index (χ1n) is 9.88. The largest absolute Gasteiger partial charge is 0.490 e. The Kier molecular flexibility index (Phi) is 8.50. The number of piperazine rings is 1. The maximum absolute atomic E-state index is 13.1. The second-order valence-electron chi connectivity index (χ2n) is 7.46. The Balaban J connectivity index is 0.000000451. The highest BCUT2D eigenvalue weighted by Gasteiger charge is 2.49. The normalized spacial score (nSPS) is 18.8. The van der Waals surface area contributed by atoms with E-state index in [0.717, 1.165) is 13.1 Å². The standard InChI is InChI=1S/C17H25N5O3.C2HF3O2/c1-20-9-10-22(11-12-25-2)16(24)17(20)4-7-21(8-5-17)15(23)14-3-6-18-19-13-14;3-2(4,5)1(6)7/h3,6,13H,4-5,7-12H2,1-2H3;(H,6,7). The zero-order valence-electron chi connectivity index (χ0n) is 17.8. The zero-order chi connectivity index (χ0) is 23.9. The number of carbonyl (C=O) groups excluding carboxylic acids is 2. The number of carboxylic acids is 1. The molecule has 178 valence electrons. The number of nitrogens with zero attached hydrogens (tertiary/aromatic N) is 5. The highest BCUT2D eigenvalue weighted by molar-refractivity contribution is 5.94. The fourth-order valence-corrected chi connectivity index (χ4v) is 3.73. The molecule has 2 aliphatic rings. The van der Waals surface area contributed by atoms with Crippen LogP contribution in [-0.2, 0) is 14.3 Å². The summed E-state index contributed by atoms with van der Waals surface area (Å²) >= 11 is 0. The van der Waals surface area contributed by atoms with Crippen LogP contribution in [0.4, 0.5) is 13.2 Å². The molecule has 32 heavy (non-hydrogen) atoms. The Morgan fingerprint density at radius 3 is 2.31 bits per heavy atom. The average molecular weight is 461 g/mol. The summed E-state index contributed by atoms with van der Waals surface area (Å²) in [5.74, 6) is -2.64. The van der Waals surface area contributed by atoms with Crippen molar-refractivity contribution in [1.82, 2.24) is 24.9 Å². The van der Waals surface area contributed by atoms with Crippen molar-refractivity contribution in [1.29, 1.82) is 0 Å². The van der Waals surface area contributed by atoms with Crippen LogP contribution in [0.15, 0.2) is 18.5 Å². The van der Waals surface area contributed by atoms with Crippen LogP contribution in [0.2, 0.25) is 0 Å². The number of halogens is 3. The van der Waals surface area contributed by atoms with Crippen molar-refractivity contribution in [2.24, 2.45) is 0 Å². The molecule has 1 aromatic heterocycles. The van der Waals surface area contributed by atoms with Gasteiger partial charge in [0, 0.05) is 39.8 Å². The van der Waals surface area contributed by atoms with Crippen LogP contribution in [0.5, 0.6) is 0 Å². The molecule has 2 saturated heterocycles. The fourth-order valence-electron chi connectivity index (χ4n) is 3.73. The molecule has 0 atom stereocenters. The van der Waals surface area contributed by atoms with Crippen LogP contribution >= 0.6 is 0 Å². The molecule has 0 saturated carbocycles. The molecule has 0 unspecified atom stereocenters. The van der Waals surface area contributed by atoms with Gasteiger partial charge in [-0.15, -0.1) is 0 Å². The summed E-state index contributed by atoms with van der Waals surface area (Å²) in [6, 6.07) is 1.67. The highest BCUT2D eigenvalue weighted by atomic mass is 19.4. The molecule has 0 aliphatic carbocycles. The number of alkyl halides is 3. The van der Waals surface area contributed by atoms with E-state index >= 15 is 0 Å². The number of likely N-dealkylation sites (N-methyl/N-ethyl adjacent to an activating group) is 1. The molecule has 1 N–H and O–H groups in total. The maximum atomic E-state index is 13.1. The number of methoxy groups -OCH3 is 1. The van der Waals surface area contributed by atoms with E-state index in [2.05, 4.69) is 15.1 Å². The number of carbonyl (C=O) groups is 3. The van der Waals surface area contributed by atoms with Gasteiger partial charge in [0.2, 0.25) is 5.91 Å². The number of aromatic nitrogens is 2. The number of carboxylic acid groups (broad SMARTS) is 1. The highest BCUT2D eigenvalue weighted by Crippen LogP contribution is 2.33. The maximum Gasteiger partial charge on any atom is 0.490 e. The molecular weight excluding hydrogens is 435 g/mol. The van der Waals surface area contributed by atoms with Crippen molar-refractivity contribution in [2.45, 2.75) is 24.6 Å². The monoisotopic (exact) mass is 461 g/mol. The zero-order valence-corrected chi connectivity index (χ0v) is 17.8. The van der Waals surface area contributed by atoms with Crippen molar-refractivity contribution >= 4 is 17.8 Å². The first-order chi connectivity index (χ1) is 15.0. The minimum absolute atomic E-state index is 0.0492. The van der Waals surface area contributed by atoms with Gasteiger partial charge in [0.25, 0.3) is 5.91 Å². The van der Waals surface area contributed by atoms with E-state index in [1.807, 2.05) is 11.9 Å². The molecular formula is C19H26F3N5O5. The van der Waals surface area contributed by atoms with Gasteiger partial charge in [-0.25, -0.2) is 4.79 Å². The Bertz CT molecular complexity index is 798. The van der Waals surface area contributed by atoms with Gasteiger partial charge in [-0.1, -0.05) is 0 Å². The lowest BCUT2D eigenvalue weighted by atomic mass is 9.82. The summed E-state index contributed by atoms with van der Waals surface area (Å²) in [6.45, 7) is 3.87. The van der Waals surface area contributed by atoms with E-state index in [1.54, 1.807) is 18.1 Å². The average Bonchev–Trinajstić information content (AvgIpc) is 2.77. The lowest BCUT2D eigenvalue weighted by Crippen LogP contribution is -2.68. The predicted octanol–water partition coefficient (Wildman–Crippen LogP) is 0.505. The van der Waals surface area contributed by atoms with E-state index < -0.39 is 17.7 Å². The van der Waals surface area contributed by atoms with Crippen molar-refractivity contribution in [3.8, 4) is 0 Å². The lowest BCUT2D eigenvalue weighted by Gasteiger charge is -2.51. The van der Waals surface area contributed by atoms with E-state index in [9.17, 15) is 22.8 Å². The van der Waals surface area contributed by atoms with Crippen LogP contribution in [0.25, 0.3) is 0 Å². The summed E-state index contributed by atoms with van der Waals surface area (Å²) in [7, 11) is 3.66. The van der Waals surface area contributed by atoms with Gasteiger partial charge >= 0.3 is 12.1 Å². The Morgan fingerprint density at radius 2 is 1.81 bits per heavy atom. The molecule has 2 aliphatic heterocycles. The summed E-state index contributed by atoms with van der Waals surface area (Å²) in [5, 5.41) is 14.6. The van der Waals surface area contributed by atoms with E-state index in [1.165, 1.54) is 12.4 Å². The third-order valence-electron chi connectivity index (χ3n) is 5.64. The van der Waals surface area contributed by atoms with Crippen molar-refractivity contribution < 1.29 is 37.4 Å². The Morgan fingerprint density at radius 1 is 1.19 bits per heavy atom. The van der Waals surface area contributed by atoms with Crippen LogP contribution in [0.1, 0.15) is 23.2 Å². The number of aliphatic carboxylic acids is 1. The molecule has 0 radical (unpaired) electrons. The molecule has 13 heteroatoms. The number of rotatable bonds is 4. The molecule has 2 fully saturated rings. The molecule has 3 heterocycles. The first kappa shape index (κ1) is 25.5. The summed E-state index contributed by atoms with van der Waals surface area (Å²) in [4.78, 5) is 40.4. The van der Waals surface area contributed by atoms with Gasteiger partial charge in [0.05, 0.1) is 24.6 Å². The van der Waals surface area contributed by atoms with E-state index in [-0.39, 0.29) is 11.8 Å². The molecule has 10 nitrogen and oxygen atoms in total. The minimum Gasteiger partial charge on any atom is -0.475 e. The van der Waals surface area contributed by atoms with Gasteiger partial charge < -0.3 is 19.6 Å². The lowest BCUT2D eigenvalue weighted by molar-refractivity contribution is -0.192. The second-order valence-corrected chi connectivity index (χ2v) is 7.46. The third kappa shape index (κ3) is 5.91. The minimum atomic E-state index is -5.08. The van der Waals surface area contributed by atoms with Crippen LogP contribution in [0, 0.1) is 0 Å². The predicted molar refractivity (Wildman–Crippen MR) is 105 cm³/mol. The number of hydrogen-bond acceptors (Lipinski definition) is 7. The number of piperidine rings is 1. The van der Waals surface area contributed by atoms with E-state index in [0.29, 0.717) is 44.6 Å². The van der Waals surface area contributed by atoms with Gasteiger partial charge in [0.15, 0.2) is 0 Å². The summed E-state index contributed by atoms with van der Waals surface area (Å²) < 4.78 is 36.9. The molecule has 1 spiro atoms. The fraction of sp³-hybridized carbons (Fsp3) is 0.632. The van der Waals surface area contributed by atoms with Crippen molar-refractivity contribution in [3.05, 3.63) is 24.0 Å². The SMILES string of the molecule is COCCN1CCN(C)C2(CCN(C(=O)c3ccnnc3)CC2)C1=O.O=C(O)C(F)(F)F. The summed E-state index contributed by atoms with van der Waals surface area (Å²) in [5.41, 5.74) is 0.0372. The molecule has 2 amide bonds. The van der Waals surface area contributed by atoms with Crippen LogP contribution in [-0.4, -0.2) is 113 Å². The number of hydrogen-bond donors (Lipinski definition) is 1. The Labute approximate surface area is 182 Å². The molecule has 0 aromatic carbocycles. The van der Waals surface area contributed by atoms with Crippen molar-refractivity contribution in [2.75, 3.05) is 53.5 Å². The quantitative estimate of drug-likeness (QED) is 0.690. The van der Waals surface area contributed by atoms with E-state index in [4.69, 9.17) is 14.6 Å². The summed E-state index contributed by atoms with van der Waals surface area (Å²) in [6.07, 6.45) is -0.784. The first-order valence-corrected chi connectivity index (χ1v) is 9.88. The smallest absolute Gasteiger partial charge is 0.475 e. The van der Waals surface area contributed by atoms with Gasteiger partial charge in [-0.05, 0) is 26.0 Å². The number of amides is 2. The van der Waals surface area contributed by atoms with Crippen molar-refractivity contribution in [3.63, 3.8) is 0 Å². The van der Waals surface area contributed by atoms with Gasteiger partial charge in [-0.2, -0.15) is 23.4 Å². The topological polar surface area (TPSA) is 116 Å². The molecule has 1 aromatic rings. The number of ether oxygens (including phenoxy) is 1. The van der Waals surface area contributed by atoms with Crippen LogP contribution < -0.4 is 0 Å². The Hall–Kier alpha value is -2.80. The van der Waals surface area contributed by atoms with Crippen LogP contribution in [0.3, 0.4) is 0 Å². The second kappa shape index (κ2) is 10.7. The number of likely N-dealkylation sites (tertiary alicyclic amines) is 1. The molecule has 0 bridgehead atoms. The third-order valence-corrected chi connectivity index (χ3v) is 5.64. The van der Waals surface area contributed by atoms with Gasteiger partial charge in [-0.3, -0.25) is 14.5 Å². The molecule has 3 rings (SSSR count).